The van der Waals surface area contributed by atoms with E-state index in [1.165, 1.54) is 6.92 Å². The second-order valence-electron chi connectivity index (χ2n) is 8.39. The number of rotatable bonds is 26. The Kier molecular flexibility index (Phi) is 25.7. The molecule has 0 aliphatic rings. The van der Waals surface area contributed by atoms with Crippen LogP contribution in [0.25, 0.3) is 0 Å². The van der Waals surface area contributed by atoms with Gasteiger partial charge in [-0.25, -0.2) is 4.79 Å². The molecule has 238 valence electrons. The van der Waals surface area contributed by atoms with E-state index in [1.54, 1.807) is 4.90 Å². The average molecular weight is 611 g/mol. The summed E-state index contributed by atoms with van der Waals surface area (Å²) in [6.07, 6.45) is 0.731. The Hall–Kier alpha value is -2.66. The largest absolute Gasteiger partial charge is 0.465 e. The van der Waals surface area contributed by atoms with E-state index >= 15 is 0 Å². The molecule has 0 aliphatic carbocycles. The van der Waals surface area contributed by atoms with Gasteiger partial charge in [0.2, 0.25) is 11.8 Å². The smallest absolute Gasteiger partial charge is 0.407 e. The zero-order chi connectivity index (χ0) is 30.6. The Morgan fingerprint density at radius 3 is 2.00 bits per heavy atom. The summed E-state index contributed by atoms with van der Waals surface area (Å²) in [4.78, 5) is 59.8. The molecule has 0 rings (SSSR count). The minimum absolute atomic E-state index is 0.0124. The fraction of sp³-hybridized carbons (Fsp3) is 0.800. The molecule has 0 aromatic carbocycles. The maximum Gasteiger partial charge on any atom is 0.407 e. The number of aliphatic hydroxyl groups is 1. The molecule has 41 heavy (non-hydrogen) atoms. The molecule has 0 heterocycles. The first-order valence-corrected chi connectivity index (χ1v) is 14.7. The predicted octanol–water partition coefficient (Wildman–Crippen LogP) is -1.09. The van der Waals surface area contributed by atoms with Gasteiger partial charge in [0.15, 0.2) is 0 Å². The van der Waals surface area contributed by atoms with Crippen molar-refractivity contribution < 1.29 is 52.8 Å². The molecule has 0 radical (unpaired) electrons. The number of amides is 3. The van der Waals surface area contributed by atoms with Gasteiger partial charge in [-0.15, -0.1) is 11.8 Å². The highest BCUT2D eigenvalue weighted by atomic mass is 32.2. The third-order valence-corrected chi connectivity index (χ3v) is 5.66. The van der Waals surface area contributed by atoms with Crippen molar-refractivity contribution in [3.8, 4) is 0 Å². The van der Waals surface area contributed by atoms with Crippen LogP contribution < -0.4 is 16.0 Å². The fourth-order valence-electron chi connectivity index (χ4n) is 2.82. The van der Waals surface area contributed by atoms with E-state index < -0.39 is 18.0 Å². The summed E-state index contributed by atoms with van der Waals surface area (Å²) in [5, 5.41) is 16.7. The topological polar surface area (TPSA) is 191 Å². The molecular formula is C25H46N4O11S. The van der Waals surface area contributed by atoms with E-state index in [0.717, 1.165) is 18.2 Å². The standard InChI is InChI=1S/C25H46N4O11S/c1-3-11-40-25(35)28-7-13-37-17-16-36-12-6-27-23(33)19-41-20-24(34)39-15-9-29(8-14-38-21(2)31)18-22(32)26-5-4-10-30/h30H,3-20H2,1-2H3,(H,26,32)(H,27,33)(H,28,35). The van der Waals surface area contributed by atoms with Crippen LogP contribution in [-0.2, 0) is 42.9 Å². The van der Waals surface area contributed by atoms with Crippen molar-refractivity contribution in [3.05, 3.63) is 0 Å². The first-order chi connectivity index (χ1) is 19.8. The van der Waals surface area contributed by atoms with Gasteiger partial charge in [0, 0.05) is 46.3 Å². The molecule has 3 amide bonds. The number of hydrogen-bond acceptors (Lipinski definition) is 13. The Labute approximate surface area is 245 Å². The summed E-state index contributed by atoms with van der Waals surface area (Å²) < 4.78 is 25.6. The molecule has 4 N–H and O–H groups in total. The van der Waals surface area contributed by atoms with E-state index in [-0.39, 0.29) is 62.8 Å². The van der Waals surface area contributed by atoms with E-state index in [9.17, 15) is 24.0 Å². The zero-order valence-corrected chi connectivity index (χ0v) is 24.9. The van der Waals surface area contributed by atoms with Gasteiger partial charge in [-0.3, -0.25) is 24.1 Å². The number of nitrogens with zero attached hydrogens (tertiary/aromatic N) is 1. The lowest BCUT2D eigenvalue weighted by molar-refractivity contribution is -0.141. The normalized spacial score (nSPS) is 10.6. The van der Waals surface area contributed by atoms with Crippen LogP contribution in [0, 0.1) is 0 Å². The maximum absolute atomic E-state index is 12.0. The van der Waals surface area contributed by atoms with Crippen molar-refractivity contribution >= 4 is 41.6 Å². The number of aliphatic hydroxyl groups excluding tert-OH is 1. The van der Waals surface area contributed by atoms with Gasteiger partial charge in [-0.2, -0.15) is 0 Å². The van der Waals surface area contributed by atoms with Crippen molar-refractivity contribution in [1.82, 2.24) is 20.9 Å². The van der Waals surface area contributed by atoms with Crippen LogP contribution in [-0.4, -0.2) is 143 Å². The first kappa shape index (κ1) is 38.3. The third-order valence-electron chi connectivity index (χ3n) is 4.75. The lowest BCUT2D eigenvalue weighted by atomic mass is 10.4. The Morgan fingerprint density at radius 2 is 1.37 bits per heavy atom. The minimum atomic E-state index is -0.494. The Morgan fingerprint density at radius 1 is 0.732 bits per heavy atom. The van der Waals surface area contributed by atoms with Crippen LogP contribution in [0.2, 0.25) is 0 Å². The van der Waals surface area contributed by atoms with Gasteiger partial charge in [-0.1, -0.05) is 6.92 Å². The summed E-state index contributed by atoms with van der Waals surface area (Å²) in [6, 6.07) is 0. The van der Waals surface area contributed by atoms with Crippen molar-refractivity contribution in [2.45, 2.75) is 26.7 Å². The molecule has 0 fully saturated rings. The number of carbonyl (C=O) groups excluding carboxylic acids is 5. The molecule has 0 atom stereocenters. The van der Waals surface area contributed by atoms with Gasteiger partial charge < -0.3 is 44.7 Å². The van der Waals surface area contributed by atoms with Gasteiger partial charge in [0.25, 0.3) is 0 Å². The van der Waals surface area contributed by atoms with Crippen LogP contribution in [0.1, 0.15) is 26.7 Å². The summed E-state index contributed by atoms with van der Waals surface area (Å²) in [6.45, 7) is 6.52. The number of alkyl carbamates (subject to hydrolysis) is 1. The quantitative estimate of drug-likeness (QED) is 0.0525. The van der Waals surface area contributed by atoms with E-state index in [2.05, 4.69) is 16.0 Å². The second kappa shape index (κ2) is 27.5. The molecule has 15 nitrogen and oxygen atoms in total. The maximum atomic E-state index is 12.0. The average Bonchev–Trinajstić information content (AvgIpc) is 2.92. The van der Waals surface area contributed by atoms with Crippen molar-refractivity contribution in [1.29, 1.82) is 0 Å². The number of ether oxygens (including phenoxy) is 5. The van der Waals surface area contributed by atoms with E-state index in [0.29, 0.717) is 59.1 Å². The van der Waals surface area contributed by atoms with Crippen molar-refractivity contribution in [2.75, 3.05) is 104 Å². The minimum Gasteiger partial charge on any atom is -0.465 e. The number of carbonyl (C=O) groups is 5. The summed E-state index contributed by atoms with van der Waals surface area (Å²) in [5.41, 5.74) is 0. The molecule has 0 unspecified atom stereocenters. The van der Waals surface area contributed by atoms with Gasteiger partial charge in [0.05, 0.1) is 51.1 Å². The fourth-order valence-corrected chi connectivity index (χ4v) is 3.46. The Balaban J connectivity index is 3.86. The predicted molar refractivity (Wildman–Crippen MR) is 150 cm³/mol. The molecular weight excluding hydrogens is 564 g/mol. The number of hydrogen-bond donors (Lipinski definition) is 4. The number of esters is 2. The van der Waals surface area contributed by atoms with Crippen LogP contribution in [0.5, 0.6) is 0 Å². The molecule has 0 bridgehead atoms. The highest BCUT2D eigenvalue weighted by Gasteiger charge is 2.13. The molecule has 0 aromatic heterocycles. The van der Waals surface area contributed by atoms with Crippen LogP contribution in [0.15, 0.2) is 0 Å². The van der Waals surface area contributed by atoms with Crippen LogP contribution in [0.4, 0.5) is 4.79 Å². The van der Waals surface area contributed by atoms with E-state index in [1.807, 2.05) is 6.92 Å². The monoisotopic (exact) mass is 610 g/mol. The summed E-state index contributed by atoms with van der Waals surface area (Å²) in [5.74, 6) is -1.37. The van der Waals surface area contributed by atoms with Gasteiger partial charge >= 0.3 is 18.0 Å². The third kappa shape index (κ3) is 27.3. The lowest BCUT2D eigenvalue weighted by Crippen LogP contribution is -2.41. The van der Waals surface area contributed by atoms with Gasteiger partial charge in [0.1, 0.15) is 13.2 Å². The highest BCUT2D eigenvalue weighted by molar-refractivity contribution is 8.00. The van der Waals surface area contributed by atoms with Crippen LogP contribution in [0.3, 0.4) is 0 Å². The SMILES string of the molecule is CCCOC(=O)NCCOCCOCCNC(=O)CSCC(=O)OCCN(CCOC(C)=O)CC(=O)NCCCO. The van der Waals surface area contributed by atoms with E-state index in [4.69, 9.17) is 28.8 Å². The first-order valence-electron chi connectivity index (χ1n) is 13.6. The zero-order valence-electron chi connectivity index (χ0n) is 24.1. The number of thioether (sulfide) groups is 1. The number of nitrogens with one attached hydrogen (secondary N) is 3. The lowest BCUT2D eigenvalue weighted by Gasteiger charge is -2.21. The second-order valence-corrected chi connectivity index (χ2v) is 9.38. The molecule has 16 heteroatoms. The van der Waals surface area contributed by atoms with Crippen LogP contribution >= 0.6 is 11.8 Å². The van der Waals surface area contributed by atoms with Crippen molar-refractivity contribution in [2.24, 2.45) is 0 Å². The summed E-state index contributed by atoms with van der Waals surface area (Å²) in [7, 11) is 0. The highest BCUT2D eigenvalue weighted by Crippen LogP contribution is 2.01. The molecule has 0 saturated heterocycles. The molecule has 0 aromatic rings. The molecule has 0 spiro atoms. The molecule has 0 aliphatic heterocycles. The molecule has 0 saturated carbocycles. The van der Waals surface area contributed by atoms with Gasteiger partial charge in [-0.05, 0) is 12.8 Å². The van der Waals surface area contributed by atoms with Crippen molar-refractivity contribution in [3.63, 3.8) is 0 Å². The summed E-state index contributed by atoms with van der Waals surface area (Å²) >= 11 is 1.11. The Bertz CT molecular complexity index is 746.